The van der Waals surface area contributed by atoms with E-state index in [2.05, 4.69) is 50.8 Å². The molecular weight excluding hydrogens is 364 g/mol. The number of benzene rings is 1. The minimum Gasteiger partial charge on any atom is -0.366 e. The third-order valence-electron chi connectivity index (χ3n) is 4.85. The van der Waals surface area contributed by atoms with E-state index in [4.69, 9.17) is 9.97 Å². The van der Waals surface area contributed by atoms with Crippen LogP contribution in [0.15, 0.2) is 34.8 Å². The van der Waals surface area contributed by atoms with Crippen molar-refractivity contribution in [3.63, 3.8) is 0 Å². The molecule has 0 saturated heterocycles. The van der Waals surface area contributed by atoms with Gasteiger partial charge in [0.05, 0.1) is 5.69 Å². The SMILES string of the molecule is Brc1ccccc1CNc1cc(C2CC2)nc(NC2CCCC2)n1. The van der Waals surface area contributed by atoms with Crippen LogP contribution in [0.25, 0.3) is 0 Å². The van der Waals surface area contributed by atoms with Gasteiger partial charge in [-0.05, 0) is 37.3 Å². The van der Waals surface area contributed by atoms with E-state index in [0.29, 0.717) is 12.0 Å². The number of hydrogen-bond acceptors (Lipinski definition) is 4. The molecule has 1 heterocycles. The van der Waals surface area contributed by atoms with Crippen LogP contribution in [-0.2, 0) is 6.54 Å². The smallest absolute Gasteiger partial charge is 0.225 e. The highest BCUT2D eigenvalue weighted by Gasteiger charge is 2.26. The lowest BCUT2D eigenvalue weighted by molar-refractivity contribution is 0.741. The van der Waals surface area contributed by atoms with E-state index in [-0.39, 0.29) is 0 Å². The summed E-state index contributed by atoms with van der Waals surface area (Å²) in [5, 5.41) is 7.01. The fourth-order valence-electron chi connectivity index (χ4n) is 3.29. The molecule has 0 atom stereocenters. The Kier molecular flexibility index (Phi) is 4.69. The summed E-state index contributed by atoms with van der Waals surface area (Å²) < 4.78 is 1.12. The Bertz CT molecular complexity index is 708. The second-order valence-corrected chi connectivity index (χ2v) is 7.70. The Morgan fingerprint density at radius 2 is 1.83 bits per heavy atom. The number of halogens is 1. The lowest BCUT2D eigenvalue weighted by atomic mass is 10.2. The number of anilines is 2. The predicted octanol–water partition coefficient (Wildman–Crippen LogP) is 5.08. The maximum atomic E-state index is 4.76. The summed E-state index contributed by atoms with van der Waals surface area (Å²) in [6.07, 6.45) is 7.60. The molecule has 0 radical (unpaired) electrons. The summed E-state index contributed by atoms with van der Waals surface area (Å²) in [5.41, 5.74) is 2.41. The summed E-state index contributed by atoms with van der Waals surface area (Å²) in [6.45, 7) is 0.755. The van der Waals surface area contributed by atoms with Crippen molar-refractivity contribution in [2.45, 2.75) is 57.0 Å². The molecule has 4 nitrogen and oxygen atoms in total. The highest BCUT2D eigenvalue weighted by molar-refractivity contribution is 9.10. The van der Waals surface area contributed by atoms with Crippen molar-refractivity contribution < 1.29 is 0 Å². The van der Waals surface area contributed by atoms with Crippen molar-refractivity contribution in [2.75, 3.05) is 10.6 Å². The zero-order valence-electron chi connectivity index (χ0n) is 13.8. The average molecular weight is 387 g/mol. The minimum absolute atomic E-state index is 0.538. The molecule has 0 spiro atoms. The van der Waals surface area contributed by atoms with E-state index in [0.717, 1.165) is 22.8 Å². The highest BCUT2D eigenvalue weighted by atomic mass is 79.9. The normalized spacial score (nSPS) is 17.9. The molecule has 0 unspecified atom stereocenters. The van der Waals surface area contributed by atoms with Gasteiger partial charge in [-0.25, -0.2) is 4.98 Å². The fraction of sp³-hybridized carbons (Fsp3) is 0.474. The van der Waals surface area contributed by atoms with Gasteiger partial charge in [0, 0.05) is 29.0 Å². The van der Waals surface area contributed by atoms with Crippen LogP contribution >= 0.6 is 15.9 Å². The van der Waals surface area contributed by atoms with E-state index in [1.54, 1.807) is 0 Å². The van der Waals surface area contributed by atoms with Crippen molar-refractivity contribution in [3.8, 4) is 0 Å². The van der Waals surface area contributed by atoms with Gasteiger partial charge < -0.3 is 10.6 Å². The molecule has 5 heteroatoms. The first-order chi connectivity index (χ1) is 11.8. The zero-order chi connectivity index (χ0) is 16.4. The summed E-state index contributed by atoms with van der Waals surface area (Å²) >= 11 is 3.61. The van der Waals surface area contributed by atoms with Gasteiger partial charge in [-0.1, -0.05) is 47.0 Å². The molecule has 2 saturated carbocycles. The van der Waals surface area contributed by atoms with E-state index >= 15 is 0 Å². The monoisotopic (exact) mass is 386 g/mol. The molecule has 2 aliphatic carbocycles. The summed E-state index contributed by atoms with van der Waals surface area (Å²) in [5.74, 6) is 2.34. The van der Waals surface area contributed by atoms with Gasteiger partial charge in [-0.3, -0.25) is 0 Å². The first-order valence-electron chi connectivity index (χ1n) is 8.91. The second kappa shape index (κ2) is 7.09. The van der Waals surface area contributed by atoms with Gasteiger partial charge in [-0.2, -0.15) is 4.98 Å². The van der Waals surface area contributed by atoms with Crippen LogP contribution in [0, 0.1) is 0 Å². The fourth-order valence-corrected chi connectivity index (χ4v) is 3.71. The number of aromatic nitrogens is 2. The average Bonchev–Trinajstić information content (AvgIpc) is 3.32. The first kappa shape index (κ1) is 15.9. The molecule has 1 aromatic carbocycles. The van der Waals surface area contributed by atoms with E-state index in [1.165, 1.54) is 49.8 Å². The van der Waals surface area contributed by atoms with Gasteiger partial charge in [0.1, 0.15) is 5.82 Å². The Morgan fingerprint density at radius 1 is 1.04 bits per heavy atom. The summed E-state index contributed by atoms with van der Waals surface area (Å²) in [6, 6.07) is 10.9. The number of nitrogens with one attached hydrogen (secondary N) is 2. The molecule has 0 amide bonds. The van der Waals surface area contributed by atoms with Crippen molar-refractivity contribution in [1.82, 2.24) is 9.97 Å². The van der Waals surface area contributed by atoms with Crippen LogP contribution in [0.2, 0.25) is 0 Å². The molecule has 2 aliphatic rings. The molecule has 4 rings (SSSR count). The molecule has 1 aromatic heterocycles. The molecule has 2 aromatic rings. The minimum atomic E-state index is 0.538. The zero-order valence-corrected chi connectivity index (χ0v) is 15.3. The van der Waals surface area contributed by atoms with Gasteiger partial charge in [0.25, 0.3) is 0 Å². The van der Waals surface area contributed by atoms with Crippen LogP contribution in [0.5, 0.6) is 0 Å². The maximum absolute atomic E-state index is 4.76. The lowest BCUT2D eigenvalue weighted by Crippen LogP contribution is -2.17. The summed E-state index contributed by atoms with van der Waals surface area (Å²) in [7, 11) is 0. The highest BCUT2D eigenvalue weighted by Crippen LogP contribution is 2.40. The van der Waals surface area contributed by atoms with Crippen molar-refractivity contribution in [2.24, 2.45) is 0 Å². The summed E-state index contributed by atoms with van der Waals surface area (Å²) in [4.78, 5) is 9.46. The largest absolute Gasteiger partial charge is 0.366 e. The van der Waals surface area contributed by atoms with Crippen LogP contribution in [0.1, 0.15) is 55.7 Å². The molecule has 24 heavy (non-hydrogen) atoms. The van der Waals surface area contributed by atoms with E-state index < -0.39 is 0 Å². The quantitative estimate of drug-likeness (QED) is 0.726. The first-order valence-corrected chi connectivity index (χ1v) is 9.70. The van der Waals surface area contributed by atoms with Crippen molar-refractivity contribution in [3.05, 3.63) is 46.1 Å². The van der Waals surface area contributed by atoms with Gasteiger partial charge >= 0.3 is 0 Å². The third-order valence-corrected chi connectivity index (χ3v) is 5.62. The van der Waals surface area contributed by atoms with Crippen LogP contribution < -0.4 is 10.6 Å². The maximum Gasteiger partial charge on any atom is 0.225 e. The topological polar surface area (TPSA) is 49.8 Å². The van der Waals surface area contributed by atoms with Crippen LogP contribution in [0.4, 0.5) is 11.8 Å². The van der Waals surface area contributed by atoms with Crippen molar-refractivity contribution in [1.29, 1.82) is 0 Å². The second-order valence-electron chi connectivity index (χ2n) is 6.85. The molecule has 126 valence electrons. The molecular formula is C19H23BrN4. The molecule has 0 bridgehead atoms. The Hall–Kier alpha value is -1.62. The van der Waals surface area contributed by atoms with Crippen molar-refractivity contribution >= 4 is 27.7 Å². The molecule has 0 aliphatic heterocycles. The van der Waals surface area contributed by atoms with Gasteiger partial charge in [0.2, 0.25) is 5.95 Å². The Labute approximate surface area is 151 Å². The number of rotatable bonds is 6. The van der Waals surface area contributed by atoms with E-state index in [1.807, 2.05) is 6.07 Å². The van der Waals surface area contributed by atoms with E-state index in [9.17, 15) is 0 Å². The standard InChI is InChI=1S/C19H23BrN4/c20-16-8-4-1-5-14(16)12-21-18-11-17(13-9-10-13)23-19(24-18)22-15-6-2-3-7-15/h1,4-5,8,11,13,15H,2-3,6-7,9-10,12H2,(H2,21,22,23,24). The number of hydrogen-bond donors (Lipinski definition) is 2. The predicted molar refractivity (Wildman–Crippen MR) is 101 cm³/mol. The Balaban J connectivity index is 1.50. The Morgan fingerprint density at radius 3 is 2.58 bits per heavy atom. The number of nitrogens with zero attached hydrogens (tertiary/aromatic N) is 2. The van der Waals surface area contributed by atoms with Crippen LogP contribution in [0.3, 0.4) is 0 Å². The van der Waals surface area contributed by atoms with Crippen LogP contribution in [-0.4, -0.2) is 16.0 Å². The third kappa shape index (κ3) is 3.89. The van der Waals surface area contributed by atoms with Gasteiger partial charge in [0.15, 0.2) is 0 Å². The van der Waals surface area contributed by atoms with Gasteiger partial charge in [-0.15, -0.1) is 0 Å². The molecule has 2 N–H and O–H groups in total. The lowest BCUT2D eigenvalue weighted by Gasteiger charge is -2.15. The molecule has 2 fully saturated rings.